The summed E-state index contributed by atoms with van der Waals surface area (Å²) in [4.78, 5) is 0.711. The van der Waals surface area contributed by atoms with Crippen LogP contribution >= 0.6 is 31.9 Å². The second-order valence-corrected chi connectivity index (χ2v) is 18.5. The highest BCUT2D eigenvalue weighted by Crippen LogP contribution is 2.65. The van der Waals surface area contributed by atoms with E-state index in [9.17, 15) is 8.78 Å². The van der Waals surface area contributed by atoms with Crippen molar-refractivity contribution in [2.24, 2.45) is 35.5 Å². The quantitative estimate of drug-likeness (QED) is 0.255. The van der Waals surface area contributed by atoms with Crippen LogP contribution in [-0.4, -0.2) is 30.1 Å². The van der Waals surface area contributed by atoms with Gasteiger partial charge in [-0.2, -0.15) is 0 Å². The van der Waals surface area contributed by atoms with Gasteiger partial charge in [0.15, 0.2) is 0 Å². The topological polar surface area (TPSA) is 0 Å². The number of rotatable bonds is 2. The van der Waals surface area contributed by atoms with Gasteiger partial charge in [0.05, 0.1) is 8.07 Å². The lowest BCUT2D eigenvalue weighted by molar-refractivity contribution is 0.161. The Morgan fingerprint density at radius 2 is 1.00 bits per heavy atom. The Hall–Kier alpha value is 1.04. The monoisotopic (exact) mass is 524 g/mol. The van der Waals surface area contributed by atoms with Crippen molar-refractivity contribution in [2.45, 2.75) is 98.5 Å². The molecule has 0 N–H and O–H groups in total. The number of hydrogen-bond acceptors (Lipinski definition) is 0. The molecule has 5 heteroatoms. The Kier molecular flexibility index (Phi) is 6.01. The molecule has 0 aromatic rings. The lowest BCUT2D eigenvalue weighted by Crippen LogP contribution is -2.48. The summed E-state index contributed by atoms with van der Waals surface area (Å²) >= 11 is 7.69. The molecular formula is C22H36Br2F2Si. The zero-order valence-electron chi connectivity index (χ0n) is 17.2. The summed E-state index contributed by atoms with van der Waals surface area (Å²) in [6.45, 7) is 10.1. The van der Waals surface area contributed by atoms with Gasteiger partial charge in [-0.1, -0.05) is 58.8 Å². The van der Waals surface area contributed by atoms with Crippen molar-refractivity contribution in [3.63, 3.8) is 0 Å². The molecule has 0 amide bonds. The maximum absolute atomic E-state index is 14.5. The summed E-state index contributed by atoms with van der Waals surface area (Å²) in [6.07, 6.45) is 4.19. The summed E-state index contributed by atoms with van der Waals surface area (Å²) in [7, 11) is -1.67. The van der Waals surface area contributed by atoms with Gasteiger partial charge in [0.1, 0.15) is 12.3 Å². The van der Waals surface area contributed by atoms with E-state index in [0.717, 1.165) is 12.8 Å². The van der Waals surface area contributed by atoms with Gasteiger partial charge in [0, 0.05) is 9.65 Å². The van der Waals surface area contributed by atoms with Crippen LogP contribution in [0.5, 0.6) is 0 Å². The minimum absolute atomic E-state index is 0.356. The maximum Gasteiger partial charge on any atom is 0.101 e. The summed E-state index contributed by atoms with van der Waals surface area (Å²) in [6, 6.07) is 0. The van der Waals surface area contributed by atoms with Crippen molar-refractivity contribution in [3.05, 3.63) is 0 Å². The minimum Gasteiger partial charge on any atom is -0.247 e. The number of alkyl halides is 4. The zero-order chi connectivity index (χ0) is 19.7. The Labute approximate surface area is 182 Å². The Balaban J connectivity index is 1.63. The largest absolute Gasteiger partial charge is 0.247 e. The fourth-order valence-corrected chi connectivity index (χ4v) is 17.4. The first kappa shape index (κ1) is 21.3. The van der Waals surface area contributed by atoms with E-state index in [1.165, 1.54) is 12.8 Å². The van der Waals surface area contributed by atoms with Gasteiger partial charge in [-0.25, -0.2) is 8.78 Å². The van der Waals surface area contributed by atoms with E-state index in [0.29, 0.717) is 69.1 Å². The SMILES string of the molecule is CC1CC2C(Br)CC(F)CC2C1[Si](C)(C)C1C(C)CC2C(Br)CC(F)CC21. The lowest BCUT2D eigenvalue weighted by atomic mass is 9.80. The van der Waals surface area contributed by atoms with E-state index < -0.39 is 20.4 Å². The normalized spacial score (nSPS) is 56.0. The highest BCUT2D eigenvalue weighted by molar-refractivity contribution is 9.09. The predicted molar refractivity (Wildman–Crippen MR) is 120 cm³/mol. The lowest BCUT2D eigenvalue weighted by Gasteiger charge is -2.48. The molecule has 4 rings (SSSR count). The molecule has 0 heterocycles. The molecule has 0 radical (unpaired) electrons. The van der Waals surface area contributed by atoms with Crippen molar-refractivity contribution in [3.8, 4) is 0 Å². The molecule has 4 aliphatic rings. The molecule has 4 aliphatic carbocycles. The minimum atomic E-state index is -1.67. The molecule has 156 valence electrons. The van der Waals surface area contributed by atoms with Gasteiger partial charge in [0.2, 0.25) is 0 Å². The van der Waals surface area contributed by atoms with Crippen LogP contribution in [0, 0.1) is 35.5 Å². The second-order valence-electron chi connectivity index (χ2n) is 11.1. The number of hydrogen-bond donors (Lipinski definition) is 0. The Morgan fingerprint density at radius 1 is 0.630 bits per heavy atom. The van der Waals surface area contributed by atoms with Crippen molar-refractivity contribution < 1.29 is 8.78 Å². The molecular weight excluding hydrogens is 490 g/mol. The third kappa shape index (κ3) is 3.56. The van der Waals surface area contributed by atoms with E-state index in [1.807, 2.05) is 0 Å². The summed E-state index contributed by atoms with van der Waals surface area (Å²) in [5, 5.41) is 0. The zero-order valence-corrected chi connectivity index (χ0v) is 21.4. The van der Waals surface area contributed by atoms with Crippen LogP contribution in [0.4, 0.5) is 8.78 Å². The van der Waals surface area contributed by atoms with Crippen LogP contribution in [0.1, 0.15) is 52.4 Å². The van der Waals surface area contributed by atoms with Crippen molar-refractivity contribution in [1.29, 1.82) is 0 Å². The fourth-order valence-electron chi connectivity index (χ4n) is 8.77. The number of fused-ring (bicyclic) bond motifs is 2. The van der Waals surface area contributed by atoms with Gasteiger partial charge < -0.3 is 0 Å². The third-order valence-corrected chi connectivity index (χ3v) is 16.7. The van der Waals surface area contributed by atoms with Gasteiger partial charge in [0.25, 0.3) is 0 Å². The summed E-state index contributed by atoms with van der Waals surface area (Å²) < 4.78 is 29.0. The predicted octanol–water partition coefficient (Wildman–Crippen LogP) is 7.77. The maximum atomic E-state index is 14.5. The molecule has 12 atom stereocenters. The Bertz CT molecular complexity index is 512. The molecule has 4 saturated carbocycles. The molecule has 0 aromatic carbocycles. The van der Waals surface area contributed by atoms with E-state index >= 15 is 0 Å². The van der Waals surface area contributed by atoms with Crippen LogP contribution in [0.25, 0.3) is 0 Å². The average Bonchev–Trinajstić information content (AvgIpc) is 3.04. The molecule has 4 fully saturated rings. The molecule has 0 nitrogen and oxygen atoms in total. The average molecular weight is 526 g/mol. The summed E-state index contributed by atoms with van der Waals surface area (Å²) in [5.74, 6) is 3.79. The first-order chi connectivity index (χ1) is 12.6. The molecule has 27 heavy (non-hydrogen) atoms. The fraction of sp³-hybridized carbons (Fsp3) is 1.00. The van der Waals surface area contributed by atoms with Crippen LogP contribution in [-0.2, 0) is 0 Å². The van der Waals surface area contributed by atoms with E-state index in [2.05, 4.69) is 58.8 Å². The van der Waals surface area contributed by atoms with Crippen molar-refractivity contribution in [2.75, 3.05) is 0 Å². The van der Waals surface area contributed by atoms with Gasteiger partial charge in [-0.05, 0) is 85.1 Å². The second kappa shape index (κ2) is 7.62. The molecule has 0 bridgehead atoms. The molecule has 12 unspecified atom stereocenters. The van der Waals surface area contributed by atoms with E-state index in [-0.39, 0.29) is 0 Å². The first-order valence-electron chi connectivity index (χ1n) is 11.2. The highest BCUT2D eigenvalue weighted by Gasteiger charge is 2.60. The number of halogens is 4. The van der Waals surface area contributed by atoms with Gasteiger partial charge in [-0.15, -0.1) is 0 Å². The van der Waals surface area contributed by atoms with Crippen molar-refractivity contribution >= 4 is 39.9 Å². The summed E-state index contributed by atoms with van der Waals surface area (Å²) in [5.41, 5.74) is 1.39. The molecule has 0 saturated heterocycles. The van der Waals surface area contributed by atoms with Gasteiger partial charge >= 0.3 is 0 Å². The van der Waals surface area contributed by atoms with E-state index in [4.69, 9.17) is 0 Å². The molecule has 0 aromatic heterocycles. The van der Waals surface area contributed by atoms with Crippen LogP contribution in [0.3, 0.4) is 0 Å². The smallest absolute Gasteiger partial charge is 0.101 e. The molecule has 0 aliphatic heterocycles. The highest BCUT2D eigenvalue weighted by atomic mass is 79.9. The van der Waals surface area contributed by atoms with Crippen LogP contribution in [0.2, 0.25) is 24.2 Å². The Morgan fingerprint density at radius 3 is 1.37 bits per heavy atom. The van der Waals surface area contributed by atoms with Crippen LogP contribution in [0.15, 0.2) is 0 Å². The first-order valence-corrected chi connectivity index (χ1v) is 16.2. The van der Waals surface area contributed by atoms with Crippen LogP contribution < -0.4 is 0 Å². The van der Waals surface area contributed by atoms with Crippen molar-refractivity contribution in [1.82, 2.24) is 0 Å². The molecule has 0 spiro atoms. The van der Waals surface area contributed by atoms with E-state index in [1.54, 1.807) is 0 Å². The van der Waals surface area contributed by atoms with Gasteiger partial charge in [-0.3, -0.25) is 0 Å². The third-order valence-electron chi connectivity index (χ3n) is 9.20. The standard InChI is InChI=1S/C22H36Br2F2Si/c1-11-5-15-17(7-13(25)9-19(15)23)21(11)27(3,4)22-12(2)6-16-18(22)8-14(26)10-20(16)24/h11-22H,5-10H2,1-4H3.